The number of aryl methyl sites for hydroxylation is 1. The maximum Gasteiger partial charge on any atom is 0.303 e. The highest BCUT2D eigenvalue weighted by Gasteiger charge is 1.95. The van der Waals surface area contributed by atoms with Crippen molar-refractivity contribution in [3.8, 4) is 11.8 Å². The lowest BCUT2D eigenvalue weighted by molar-refractivity contribution is -0.137. The lowest BCUT2D eigenvalue weighted by Crippen LogP contribution is -1.92. The van der Waals surface area contributed by atoms with E-state index in [2.05, 4.69) is 43.0 Å². The largest absolute Gasteiger partial charge is 0.481 e. The van der Waals surface area contributed by atoms with Gasteiger partial charge in [0.1, 0.15) is 0 Å². The molecule has 0 heterocycles. The van der Waals surface area contributed by atoms with Gasteiger partial charge in [0.2, 0.25) is 0 Å². The Labute approximate surface area is 122 Å². The summed E-state index contributed by atoms with van der Waals surface area (Å²) in [6, 6.07) is 8.68. The van der Waals surface area contributed by atoms with Gasteiger partial charge in [0.25, 0.3) is 0 Å². The lowest BCUT2D eigenvalue weighted by atomic mass is 10.0. The number of carbonyl (C=O) groups is 1. The van der Waals surface area contributed by atoms with E-state index in [1.54, 1.807) is 0 Å². The van der Waals surface area contributed by atoms with Crippen molar-refractivity contribution in [2.24, 2.45) is 0 Å². The zero-order chi connectivity index (χ0) is 14.6. The molecule has 0 aliphatic rings. The van der Waals surface area contributed by atoms with Crippen LogP contribution in [0.4, 0.5) is 0 Å². The summed E-state index contributed by atoms with van der Waals surface area (Å²) in [7, 11) is 0. The summed E-state index contributed by atoms with van der Waals surface area (Å²) in [5.41, 5.74) is 2.63. The number of aliphatic carboxylic acids is 1. The van der Waals surface area contributed by atoms with Crippen LogP contribution >= 0.6 is 0 Å². The van der Waals surface area contributed by atoms with Crippen molar-refractivity contribution in [3.63, 3.8) is 0 Å². The molecule has 1 aromatic rings. The van der Waals surface area contributed by atoms with E-state index in [1.165, 1.54) is 30.4 Å². The lowest BCUT2D eigenvalue weighted by Gasteiger charge is -2.01. The van der Waals surface area contributed by atoms with Crippen molar-refractivity contribution in [1.29, 1.82) is 0 Å². The standard InChI is InChI=1S/C18H24O2/c1-2-3-6-9-16-12-14-17(15-13-16)10-7-4-5-8-11-18(19)20/h12-15H,2-3,5-6,8-11H2,1H3,(H,19,20). The summed E-state index contributed by atoms with van der Waals surface area (Å²) in [5.74, 6) is 5.39. The topological polar surface area (TPSA) is 37.3 Å². The highest BCUT2D eigenvalue weighted by Crippen LogP contribution is 2.09. The van der Waals surface area contributed by atoms with Crippen LogP contribution in [0, 0.1) is 11.8 Å². The van der Waals surface area contributed by atoms with Crippen LogP contribution in [0.1, 0.15) is 56.6 Å². The van der Waals surface area contributed by atoms with Crippen molar-refractivity contribution in [2.45, 2.75) is 58.3 Å². The van der Waals surface area contributed by atoms with E-state index < -0.39 is 5.97 Å². The summed E-state index contributed by atoms with van der Waals surface area (Å²) in [4.78, 5) is 10.3. The van der Waals surface area contributed by atoms with Crippen LogP contribution in [0.15, 0.2) is 24.3 Å². The molecule has 0 bridgehead atoms. The average Bonchev–Trinajstić information content (AvgIpc) is 2.44. The Morgan fingerprint density at radius 2 is 1.75 bits per heavy atom. The number of hydrogen-bond donors (Lipinski definition) is 1. The zero-order valence-corrected chi connectivity index (χ0v) is 12.3. The molecule has 0 saturated carbocycles. The van der Waals surface area contributed by atoms with Gasteiger partial charge in [-0.25, -0.2) is 0 Å². The minimum atomic E-state index is -0.745. The molecule has 0 amide bonds. The second kappa shape index (κ2) is 10.1. The Morgan fingerprint density at radius 1 is 1.05 bits per heavy atom. The van der Waals surface area contributed by atoms with Gasteiger partial charge in [0, 0.05) is 19.3 Å². The Hall–Kier alpha value is -1.75. The molecule has 0 saturated heterocycles. The minimum absolute atomic E-state index is 0.209. The number of carboxylic acid groups (broad SMARTS) is 1. The molecule has 2 heteroatoms. The van der Waals surface area contributed by atoms with Gasteiger partial charge < -0.3 is 5.11 Å². The van der Waals surface area contributed by atoms with Gasteiger partial charge in [-0.05, 0) is 30.4 Å². The van der Waals surface area contributed by atoms with Gasteiger partial charge in [0.05, 0.1) is 0 Å². The average molecular weight is 272 g/mol. The Morgan fingerprint density at radius 3 is 2.40 bits per heavy atom. The molecule has 0 atom stereocenters. The van der Waals surface area contributed by atoms with E-state index in [-0.39, 0.29) is 6.42 Å². The molecule has 0 spiro atoms. The maximum atomic E-state index is 10.3. The van der Waals surface area contributed by atoms with Crippen LogP contribution in [-0.4, -0.2) is 11.1 Å². The molecule has 1 N–H and O–H groups in total. The highest BCUT2D eigenvalue weighted by molar-refractivity contribution is 5.66. The first-order valence-corrected chi connectivity index (χ1v) is 7.47. The summed E-state index contributed by atoms with van der Waals surface area (Å²) in [6.07, 6.45) is 7.25. The Balaban J connectivity index is 2.27. The van der Waals surface area contributed by atoms with Gasteiger partial charge in [-0.1, -0.05) is 50.0 Å². The van der Waals surface area contributed by atoms with Gasteiger partial charge in [0.15, 0.2) is 0 Å². The van der Waals surface area contributed by atoms with Crippen molar-refractivity contribution < 1.29 is 9.90 Å². The SMILES string of the molecule is CCCCCc1ccc(CC#CCCCC(=O)O)cc1. The molecule has 108 valence electrons. The van der Waals surface area contributed by atoms with Crippen molar-refractivity contribution in [1.82, 2.24) is 0 Å². The summed E-state index contributed by atoms with van der Waals surface area (Å²) < 4.78 is 0. The van der Waals surface area contributed by atoms with E-state index in [0.717, 1.165) is 12.8 Å². The van der Waals surface area contributed by atoms with E-state index in [0.29, 0.717) is 12.8 Å². The third-order valence-corrected chi connectivity index (χ3v) is 3.20. The Bertz CT molecular complexity index is 449. The smallest absolute Gasteiger partial charge is 0.303 e. The van der Waals surface area contributed by atoms with Crippen molar-refractivity contribution >= 4 is 5.97 Å². The molecule has 0 aliphatic carbocycles. The second-order valence-corrected chi connectivity index (χ2v) is 5.05. The van der Waals surface area contributed by atoms with Crippen molar-refractivity contribution in [3.05, 3.63) is 35.4 Å². The first-order valence-electron chi connectivity index (χ1n) is 7.47. The molecule has 0 aliphatic heterocycles. The molecule has 1 aromatic carbocycles. The first-order chi connectivity index (χ1) is 9.72. The summed E-state index contributed by atoms with van der Waals surface area (Å²) in [6.45, 7) is 2.22. The van der Waals surface area contributed by atoms with E-state index in [4.69, 9.17) is 5.11 Å². The van der Waals surface area contributed by atoms with Crippen LogP contribution in [0.5, 0.6) is 0 Å². The van der Waals surface area contributed by atoms with Crippen LogP contribution in [0.25, 0.3) is 0 Å². The Kier molecular flexibility index (Phi) is 8.22. The van der Waals surface area contributed by atoms with Gasteiger partial charge in [-0.2, -0.15) is 0 Å². The highest BCUT2D eigenvalue weighted by atomic mass is 16.4. The van der Waals surface area contributed by atoms with Gasteiger partial charge in [-0.15, -0.1) is 5.92 Å². The van der Waals surface area contributed by atoms with E-state index in [1.807, 2.05) is 0 Å². The molecule has 2 nitrogen and oxygen atoms in total. The quantitative estimate of drug-likeness (QED) is 0.568. The predicted molar refractivity (Wildman–Crippen MR) is 82.6 cm³/mol. The third-order valence-electron chi connectivity index (χ3n) is 3.20. The van der Waals surface area contributed by atoms with Crippen LogP contribution in [0.2, 0.25) is 0 Å². The third kappa shape index (κ3) is 7.63. The number of benzene rings is 1. The molecule has 1 rings (SSSR count). The van der Waals surface area contributed by atoms with Gasteiger partial charge in [-0.3, -0.25) is 4.79 Å². The first kappa shape index (κ1) is 16.3. The normalized spacial score (nSPS) is 9.85. The maximum absolute atomic E-state index is 10.3. The molecular weight excluding hydrogens is 248 g/mol. The zero-order valence-electron chi connectivity index (χ0n) is 12.3. The van der Waals surface area contributed by atoms with Crippen LogP contribution < -0.4 is 0 Å². The monoisotopic (exact) mass is 272 g/mol. The molecule has 0 radical (unpaired) electrons. The molecule has 20 heavy (non-hydrogen) atoms. The fourth-order valence-corrected chi connectivity index (χ4v) is 1.98. The van der Waals surface area contributed by atoms with E-state index >= 15 is 0 Å². The molecule has 0 unspecified atom stereocenters. The van der Waals surface area contributed by atoms with Crippen LogP contribution in [0.3, 0.4) is 0 Å². The number of unbranched alkanes of at least 4 members (excludes halogenated alkanes) is 3. The number of hydrogen-bond acceptors (Lipinski definition) is 1. The summed E-state index contributed by atoms with van der Waals surface area (Å²) in [5, 5.41) is 8.50. The molecular formula is C18H24O2. The number of rotatable bonds is 8. The fourth-order valence-electron chi connectivity index (χ4n) is 1.98. The van der Waals surface area contributed by atoms with Crippen LogP contribution in [-0.2, 0) is 17.6 Å². The van der Waals surface area contributed by atoms with E-state index in [9.17, 15) is 4.79 Å². The predicted octanol–water partition coefficient (Wildman–Crippen LogP) is 4.22. The second-order valence-electron chi connectivity index (χ2n) is 5.05. The number of carboxylic acids is 1. The summed E-state index contributed by atoms with van der Waals surface area (Å²) >= 11 is 0. The van der Waals surface area contributed by atoms with Crippen molar-refractivity contribution in [2.75, 3.05) is 0 Å². The minimum Gasteiger partial charge on any atom is -0.481 e. The van der Waals surface area contributed by atoms with Gasteiger partial charge >= 0.3 is 5.97 Å². The molecule has 0 aromatic heterocycles. The molecule has 0 fully saturated rings. The fraction of sp³-hybridized carbons (Fsp3) is 0.500.